The number of non-ortho nitro benzene ring substituents is 1. The molecule has 100 valence electrons. The van der Waals surface area contributed by atoms with Crippen molar-refractivity contribution in [2.45, 2.75) is 6.23 Å². The summed E-state index contributed by atoms with van der Waals surface area (Å²) in [6.45, 7) is 0. The zero-order chi connectivity index (χ0) is 14.1. The zero-order valence-electron chi connectivity index (χ0n) is 10.3. The Balaban J connectivity index is 1.82. The van der Waals surface area contributed by atoms with E-state index >= 15 is 0 Å². The van der Waals surface area contributed by atoms with Crippen molar-refractivity contribution in [3.8, 4) is 0 Å². The van der Waals surface area contributed by atoms with Crippen LogP contribution < -0.4 is 5.32 Å². The molecule has 0 spiro atoms. The number of fused-ring (bicyclic) bond motifs is 1. The standard InChI is InChI=1S/C14H10N2O4/c17-14-12-4-2-1-3-11(12)13(20-14)15-9-5-7-10(8-6-9)16(18)19/h1-8,13,15H/t13-/m1/s1. The van der Waals surface area contributed by atoms with E-state index in [9.17, 15) is 14.9 Å². The molecule has 1 atom stereocenters. The van der Waals surface area contributed by atoms with Gasteiger partial charge in [0.25, 0.3) is 5.69 Å². The van der Waals surface area contributed by atoms with E-state index in [-0.39, 0.29) is 11.7 Å². The SMILES string of the molecule is O=C1O[C@@H](Nc2ccc([N+](=O)[O-])cc2)c2ccccc21. The third-order valence-electron chi connectivity index (χ3n) is 3.06. The van der Waals surface area contributed by atoms with Gasteiger partial charge >= 0.3 is 5.97 Å². The van der Waals surface area contributed by atoms with Gasteiger partial charge in [0.1, 0.15) is 0 Å². The molecular weight excluding hydrogens is 260 g/mol. The van der Waals surface area contributed by atoms with Gasteiger partial charge in [0, 0.05) is 23.4 Å². The lowest BCUT2D eigenvalue weighted by atomic mass is 10.1. The number of nitrogens with one attached hydrogen (secondary N) is 1. The van der Waals surface area contributed by atoms with Crippen molar-refractivity contribution < 1.29 is 14.5 Å². The van der Waals surface area contributed by atoms with Crippen molar-refractivity contribution in [2.24, 2.45) is 0 Å². The number of hydrogen-bond acceptors (Lipinski definition) is 5. The quantitative estimate of drug-likeness (QED) is 0.527. The summed E-state index contributed by atoms with van der Waals surface area (Å²) >= 11 is 0. The lowest BCUT2D eigenvalue weighted by Crippen LogP contribution is -2.10. The van der Waals surface area contributed by atoms with Gasteiger partial charge < -0.3 is 10.1 Å². The van der Waals surface area contributed by atoms with Crippen LogP contribution in [0, 0.1) is 10.1 Å². The molecule has 0 amide bonds. The summed E-state index contributed by atoms with van der Waals surface area (Å²) in [4.78, 5) is 21.8. The van der Waals surface area contributed by atoms with Crippen LogP contribution in [0.1, 0.15) is 22.1 Å². The first-order valence-electron chi connectivity index (χ1n) is 5.96. The Morgan fingerprint density at radius 1 is 1.10 bits per heavy atom. The fraction of sp³-hybridized carbons (Fsp3) is 0.0714. The number of benzene rings is 2. The number of nitro benzene ring substituents is 1. The second kappa shape index (κ2) is 4.65. The van der Waals surface area contributed by atoms with Crippen LogP contribution in [0.25, 0.3) is 0 Å². The topological polar surface area (TPSA) is 81.5 Å². The molecule has 0 saturated heterocycles. The Kier molecular flexibility index (Phi) is 2.83. The smallest absolute Gasteiger partial charge is 0.340 e. The number of nitro groups is 1. The second-order valence-electron chi connectivity index (χ2n) is 4.32. The van der Waals surface area contributed by atoms with Crippen LogP contribution in [0.5, 0.6) is 0 Å². The molecular formula is C14H10N2O4. The summed E-state index contributed by atoms with van der Waals surface area (Å²) in [5, 5.41) is 13.6. The molecule has 2 aromatic carbocycles. The lowest BCUT2D eigenvalue weighted by Gasteiger charge is -2.14. The molecule has 1 N–H and O–H groups in total. The molecule has 6 heteroatoms. The van der Waals surface area contributed by atoms with Crippen molar-refractivity contribution in [3.63, 3.8) is 0 Å². The highest BCUT2D eigenvalue weighted by atomic mass is 16.6. The molecule has 0 aliphatic carbocycles. The maximum atomic E-state index is 11.7. The molecule has 20 heavy (non-hydrogen) atoms. The summed E-state index contributed by atoms with van der Waals surface area (Å²) in [7, 11) is 0. The third kappa shape index (κ3) is 2.07. The summed E-state index contributed by atoms with van der Waals surface area (Å²) in [5.74, 6) is -0.375. The molecule has 0 saturated carbocycles. The molecule has 1 aliphatic heterocycles. The Bertz CT molecular complexity index is 682. The summed E-state index contributed by atoms with van der Waals surface area (Å²) < 4.78 is 5.23. The summed E-state index contributed by atoms with van der Waals surface area (Å²) in [6, 6.07) is 13.0. The molecule has 0 unspecified atom stereocenters. The van der Waals surface area contributed by atoms with Crippen molar-refractivity contribution in [3.05, 3.63) is 69.8 Å². The lowest BCUT2D eigenvalue weighted by molar-refractivity contribution is -0.384. The first kappa shape index (κ1) is 12.2. The van der Waals surface area contributed by atoms with Gasteiger partial charge in [-0.3, -0.25) is 10.1 Å². The number of nitrogens with zero attached hydrogens (tertiary/aromatic N) is 1. The van der Waals surface area contributed by atoms with E-state index in [4.69, 9.17) is 4.74 Å². The molecule has 0 aromatic heterocycles. The van der Waals surface area contributed by atoms with Crippen LogP contribution >= 0.6 is 0 Å². The number of carbonyl (C=O) groups is 1. The number of rotatable bonds is 3. The molecule has 0 fully saturated rings. The van der Waals surface area contributed by atoms with Crippen molar-refractivity contribution in [2.75, 3.05) is 5.32 Å². The maximum Gasteiger partial charge on any atom is 0.340 e. The second-order valence-corrected chi connectivity index (χ2v) is 4.32. The van der Waals surface area contributed by atoms with Crippen molar-refractivity contribution in [1.82, 2.24) is 0 Å². The first-order valence-corrected chi connectivity index (χ1v) is 5.96. The Labute approximate surface area is 114 Å². The highest BCUT2D eigenvalue weighted by molar-refractivity contribution is 5.94. The van der Waals surface area contributed by atoms with E-state index in [1.165, 1.54) is 12.1 Å². The normalized spacial score (nSPS) is 16.4. The minimum Gasteiger partial charge on any atom is -0.434 e. The number of ether oxygens (including phenoxy) is 1. The van der Waals surface area contributed by atoms with Crippen LogP contribution in [0.4, 0.5) is 11.4 Å². The molecule has 2 aromatic rings. The minimum atomic E-state index is -0.569. The van der Waals surface area contributed by atoms with Crippen LogP contribution in [-0.2, 0) is 4.74 Å². The van der Waals surface area contributed by atoms with Crippen molar-refractivity contribution >= 4 is 17.3 Å². The fourth-order valence-electron chi connectivity index (χ4n) is 2.08. The summed E-state index contributed by atoms with van der Waals surface area (Å²) in [5.41, 5.74) is 1.95. The Morgan fingerprint density at radius 2 is 1.80 bits per heavy atom. The fourth-order valence-corrected chi connectivity index (χ4v) is 2.08. The van der Waals surface area contributed by atoms with Crippen LogP contribution in [0.15, 0.2) is 48.5 Å². The number of cyclic esters (lactones) is 1. The average Bonchev–Trinajstić information content (AvgIpc) is 2.77. The van der Waals surface area contributed by atoms with Gasteiger partial charge in [0.15, 0.2) is 0 Å². The minimum absolute atomic E-state index is 0.0133. The highest BCUT2D eigenvalue weighted by Gasteiger charge is 2.30. The van der Waals surface area contributed by atoms with Gasteiger partial charge in [-0.05, 0) is 18.2 Å². The first-order chi connectivity index (χ1) is 9.65. The predicted molar refractivity (Wildman–Crippen MR) is 71.3 cm³/mol. The number of hydrogen-bond donors (Lipinski definition) is 1. The van der Waals surface area contributed by atoms with E-state index in [2.05, 4.69) is 5.32 Å². The molecule has 0 bridgehead atoms. The highest BCUT2D eigenvalue weighted by Crippen LogP contribution is 2.31. The number of esters is 1. The number of carbonyl (C=O) groups excluding carboxylic acids is 1. The van der Waals surface area contributed by atoms with Gasteiger partial charge in [-0.25, -0.2) is 4.79 Å². The van der Waals surface area contributed by atoms with E-state index < -0.39 is 11.2 Å². The van der Waals surface area contributed by atoms with Gasteiger partial charge in [0.2, 0.25) is 6.23 Å². The van der Waals surface area contributed by atoms with Gasteiger partial charge in [-0.2, -0.15) is 0 Å². The number of anilines is 1. The third-order valence-corrected chi connectivity index (χ3v) is 3.06. The molecule has 3 rings (SSSR count). The van der Waals surface area contributed by atoms with Gasteiger partial charge in [-0.15, -0.1) is 0 Å². The van der Waals surface area contributed by atoms with E-state index in [1.54, 1.807) is 24.3 Å². The van der Waals surface area contributed by atoms with Gasteiger partial charge in [-0.1, -0.05) is 18.2 Å². The molecule has 1 aliphatic rings. The van der Waals surface area contributed by atoms with Crippen LogP contribution in [0.3, 0.4) is 0 Å². The Hall–Kier alpha value is -2.89. The van der Waals surface area contributed by atoms with Crippen molar-refractivity contribution in [1.29, 1.82) is 0 Å². The summed E-state index contributed by atoms with van der Waals surface area (Å²) in [6.07, 6.45) is -0.569. The molecule has 1 heterocycles. The Morgan fingerprint density at radius 3 is 2.50 bits per heavy atom. The van der Waals surface area contributed by atoms with Gasteiger partial charge in [0.05, 0.1) is 10.5 Å². The zero-order valence-corrected chi connectivity index (χ0v) is 10.3. The average molecular weight is 270 g/mol. The molecule has 6 nitrogen and oxygen atoms in total. The predicted octanol–water partition coefficient (Wildman–Crippen LogP) is 2.88. The van der Waals surface area contributed by atoms with E-state index in [1.807, 2.05) is 12.1 Å². The van der Waals surface area contributed by atoms with E-state index in [0.29, 0.717) is 11.3 Å². The van der Waals surface area contributed by atoms with E-state index in [0.717, 1.165) is 5.56 Å². The van der Waals surface area contributed by atoms with Crippen LogP contribution in [-0.4, -0.2) is 10.9 Å². The largest absolute Gasteiger partial charge is 0.434 e. The molecule has 0 radical (unpaired) electrons. The monoisotopic (exact) mass is 270 g/mol. The van der Waals surface area contributed by atoms with Crippen LogP contribution in [0.2, 0.25) is 0 Å². The maximum absolute atomic E-state index is 11.7.